The largest absolute Gasteiger partial charge is 0.478 e. The number of aromatic carboxylic acids is 1. The lowest BCUT2D eigenvalue weighted by Crippen LogP contribution is -2.39. The molecule has 1 heterocycles. The zero-order chi connectivity index (χ0) is 14.0. The van der Waals surface area contributed by atoms with Gasteiger partial charge in [-0.3, -0.25) is 9.59 Å². The molecule has 1 N–H and O–H groups in total. The molecule has 0 unspecified atom stereocenters. The molecule has 1 aromatic carbocycles. The molecule has 0 saturated carbocycles. The van der Waals surface area contributed by atoms with Gasteiger partial charge in [-0.25, -0.2) is 4.79 Å². The van der Waals surface area contributed by atoms with E-state index in [1.807, 2.05) is 0 Å². The van der Waals surface area contributed by atoms with E-state index >= 15 is 0 Å². The van der Waals surface area contributed by atoms with E-state index in [9.17, 15) is 14.4 Å². The van der Waals surface area contributed by atoms with Gasteiger partial charge in [0.2, 0.25) is 0 Å². The highest BCUT2D eigenvalue weighted by atomic mass is 16.4. The number of carbonyl (C=O) groups is 1. The number of nitrogens with zero attached hydrogens (tertiary/aromatic N) is 2. The smallest absolute Gasteiger partial charge is 0.336 e. The van der Waals surface area contributed by atoms with Crippen LogP contribution in [0.1, 0.15) is 15.9 Å². The summed E-state index contributed by atoms with van der Waals surface area (Å²) in [7, 11) is 1.49. The van der Waals surface area contributed by atoms with Gasteiger partial charge in [0.15, 0.2) is 0 Å². The maximum absolute atomic E-state index is 11.8. The molecule has 6 heteroatoms. The van der Waals surface area contributed by atoms with Crippen LogP contribution in [0, 0.1) is 0 Å². The van der Waals surface area contributed by atoms with E-state index in [4.69, 9.17) is 5.11 Å². The SMILES string of the molecule is Cn1ccn(Cc2ccccc2C(=O)O)c(=O)c1=O. The van der Waals surface area contributed by atoms with Crippen LogP contribution in [0.15, 0.2) is 46.2 Å². The molecule has 0 spiro atoms. The minimum absolute atomic E-state index is 0.0530. The van der Waals surface area contributed by atoms with E-state index in [-0.39, 0.29) is 12.1 Å². The highest BCUT2D eigenvalue weighted by Gasteiger charge is 2.10. The van der Waals surface area contributed by atoms with Crippen LogP contribution in [0.4, 0.5) is 0 Å². The number of rotatable bonds is 3. The Balaban J connectivity index is 2.49. The Hall–Kier alpha value is -2.63. The van der Waals surface area contributed by atoms with Gasteiger partial charge in [-0.15, -0.1) is 0 Å². The minimum Gasteiger partial charge on any atom is -0.478 e. The summed E-state index contributed by atoms with van der Waals surface area (Å²) in [6, 6.07) is 6.38. The first kappa shape index (κ1) is 12.8. The van der Waals surface area contributed by atoms with Gasteiger partial charge in [0.1, 0.15) is 0 Å². The molecule has 1 aromatic heterocycles. The van der Waals surface area contributed by atoms with E-state index < -0.39 is 17.1 Å². The monoisotopic (exact) mass is 260 g/mol. The highest BCUT2D eigenvalue weighted by Crippen LogP contribution is 2.09. The van der Waals surface area contributed by atoms with Crippen LogP contribution in [0.3, 0.4) is 0 Å². The normalized spacial score (nSPS) is 10.4. The minimum atomic E-state index is -1.06. The first-order chi connectivity index (χ1) is 9.00. The predicted molar refractivity (Wildman–Crippen MR) is 68.4 cm³/mol. The van der Waals surface area contributed by atoms with Gasteiger partial charge >= 0.3 is 17.1 Å². The number of aromatic nitrogens is 2. The summed E-state index contributed by atoms with van der Waals surface area (Å²) < 4.78 is 2.38. The lowest BCUT2D eigenvalue weighted by Gasteiger charge is -2.08. The molecule has 0 atom stereocenters. The topological polar surface area (TPSA) is 81.3 Å². The standard InChI is InChI=1S/C13H12N2O4/c1-14-6-7-15(12(17)11(14)16)8-9-4-2-3-5-10(9)13(18)19/h2-7H,8H2,1H3,(H,18,19). The van der Waals surface area contributed by atoms with Crippen LogP contribution >= 0.6 is 0 Å². The number of benzene rings is 1. The Kier molecular flexibility index (Phi) is 3.33. The zero-order valence-corrected chi connectivity index (χ0v) is 10.2. The summed E-state index contributed by atoms with van der Waals surface area (Å²) in [6.07, 6.45) is 2.93. The third-order valence-electron chi connectivity index (χ3n) is 2.82. The van der Waals surface area contributed by atoms with Crippen molar-refractivity contribution in [3.8, 4) is 0 Å². The van der Waals surface area contributed by atoms with Gasteiger partial charge in [-0.1, -0.05) is 18.2 Å². The second-order valence-corrected chi connectivity index (χ2v) is 4.11. The second-order valence-electron chi connectivity index (χ2n) is 4.11. The van der Waals surface area contributed by atoms with Crippen molar-refractivity contribution in [2.75, 3.05) is 0 Å². The molecule has 2 aromatic rings. The van der Waals surface area contributed by atoms with Gasteiger partial charge in [0.05, 0.1) is 12.1 Å². The Morgan fingerprint density at radius 2 is 1.84 bits per heavy atom. The van der Waals surface area contributed by atoms with Crippen molar-refractivity contribution in [3.05, 3.63) is 68.5 Å². The summed E-state index contributed by atoms with van der Waals surface area (Å²) in [5, 5.41) is 9.06. The molecule has 19 heavy (non-hydrogen) atoms. The second kappa shape index (κ2) is 4.93. The molecule has 0 bridgehead atoms. The average molecular weight is 260 g/mol. The van der Waals surface area contributed by atoms with Crippen LogP contribution in [-0.2, 0) is 13.6 Å². The summed E-state index contributed by atoms with van der Waals surface area (Å²) in [4.78, 5) is 34.3. The van der Waals surface area contributed by atoms with Gasteiger partial charge in [-0.2, -0.15) is 0 Å². The Labute approximate surface area is 108 Å². The number of carboxylic acid groups (broad SMARTS) is 1. The van der Waals surface area contributed by atoms with Gasteiger partial charge < -0.3 is 14.2 Å². The molecule has 0 radical (unpaired) electrons. The molecule has 2 rings (SSSR count). The van der Waals surface area contributed by atoms with Crippen molar-refractivity contribution in [2.24, 2.45) is 7.05 Å². The lowest BCUT2D eigenvalue weighted by atomic mass is 10.1. The first-order valence-corrected chi connectivity index (χ1v) is 5.58. The van der Waals surface area contributed by atoms with Crippen molar-refractivity contribution in [2.45, 2.75) is 6.54 Å². The summed E-state index contributed by atoms with van der Waals surface area (Å²) in [5.41, 5.74) is -0.721. The molecular weight excluding hydrogens is 248 g/mol. The Morgan fingerprint density at radius 1 is 1.16 bits per heavy atom. The van der Waals surface area contributed by atoms with E-state index in [0.717, 1.165) is 0 Å². The maximum Gasteiger partial charge on any atom is 0.336 e. The number of hydrogen-bond acceptors (Lipinski definition) is 3. The van der Waals surface area contributed by atoms with Crippen LogP contribution in [0.25, 0.3) is 0 Å². The fourth-order valence-corrected chi connectivity index (χ4v) is 1.76. The molecule has 98 valence electrons. The predicted octanol–water partition coefficient (Wildman–Crippen LogP) is 0.293. The zero-order valence-electron chi connectivity index (χ0n) is 10.2. The van der Waals surface area contributed by atoms with Gasteiger partial charge in [-0.05, 0) is 11.6 Å². The first-order valence-electron chi connectivity index (χ1n) is 5.58. The third kappa shape index (κ3) is 2.47. The molecule has 0 aliphatic rings. The highest BCUT2D eigenvalue weighted by molar-refractivity contribution is 5.89. The number of aryl methyl sites for hydroxylation is 1. The van der Waals surface area contributed by atoms with Gasteiger partial charge in [0.25, 0.3) is 0 Å². The van der Waals surface area contributed by atoms with Crippen LogP contribution in [0.5, 0.6) is 0 Å². The third-order valence-corrected chi connectivity index (χ3v) is 2.82. The van der Waals surface area contributed by atoms with Crippen molar-refractivity contribution in [1.29, 1.82) is 0 Å². The lowest BCUT2D eigenvalue weighted by molar-refractivity contribution is 0.0695. The molecule has 6 nitrogen and oxygen atoms in total. The fraction of sp³-hybridized carbons (Fsp3) is 0.154. The van der Waals surface area contributed by atoms with Crippen LogP contribution in [-0.4, -0.2) is 20.2 Å². The van der Waals surface area contributed by atoms with E-state index in [1.54, 1.807) is 18.2 Å². The quantitative estimate of drug-likeness (QED) is 0.804. The molecule has 0 aliphatic heterocycles. The van der Waals surface area contributed by atoms with Crippen molar-refractivity contribution >= 4 is 5.97 Å². The van der Waals surface area contributed by atoms with E-state index in [2.05, 4.69) is 0 Å². The molecule has 0 aliphatic carbocycles. The maximum atomic E-state index is 11.8. The fourth-order valence-electron chi connectivity index (χ4n) is 1.76. The van der Waals surface area contributed by atoms with Crippen molar-refractivity contribution in [1.82, 2.24) is 9.13 Å². The summed E-state index contributed by atoms with van der Waals surface area (Å²) >= 11 is 0. The van der Waals surface area contributed by atoms with E-state index in [0.29, 0.717) is 5.56 Å². The van der Waals surface area contributed by atoms with Crippen molar-refractivity contribution < 1.29 is 9.90 Å². The molecule has 0 fully saturated rings. The van der Waals surface area contributed by atoms with Crippen molar-refractivity contribution in [3.63, 3.8) is 0 Å². The summed E-state index contributed by atoms with van der Waals surface area (Å²) in [5.74, 6) is -1.06. The van der Waals surface area contributed by atoms with Crippen LogP contribution in [0.2, 0.25) is 0 Å². The van der Waals surface area contributed by atoms with Crippen LogP contribution < -0.4 is 11.1 Å². The molecular formula is C13H12N2O4. The molecule has 0 saturated heterocycles. The van der Waals surface area contributed by atoms with E-state index in [1.165, 1.54) is 34.6 Å². The number of carboxylic acids is 1. The van der Waals surface area contributed by atoms with Gasteiger partial charge in [0, 0.05) is 19.4 Å². The molecule has 0 amide bonds. The Morgan fingerprint density at radius 3 is 2.53 bits per heavy atom. The average Bonchev–Trinajstić information content (AvgIpc) is 2.40. The Bertz CT molecular complexity index is 743. The summed E-state index contributed by atoms with van der Waals surface area (Å²) in [6.45, 7) is 0.0530. The number of hydrogen-bond donors (Lipinski definition) is 1.